The molecule has 1 heterocycles. The predicted octanol–water partition coefficient (Wildman–Crippen LogP) is 2.08. The second kappa shape index (κ2) is 9.60. The Morgan fingerprint density at radius 2 is 1.92 bits per heavy atom. The van der Waals surface area contributed by atoms with Crippen molar-refractivity contribution < 1.29 is 9.21 Å². The standard InChI is InChI=1S/C19H27N5O2/c1-5-20-19(23-12-17-24-14(3)15(4)26-17)22-10-9-21-18(25)16-8-6-7-13(2)11-16/h6-8,11H,5,9-10,12H2,1-4H3,(H,21,25)(H2,20,22,23). The Morgan fingerprint density at radius 1 is 1.15 bits per heavy atom. The number of nitrogens with zero attached hydrogens (tertiary/aromatic N) is 2. The molecule has 0 saturated heterocycles. The fourth-order valence-corrected chi connectivity index (χ4v) is 2.34. The molecule has 1 aromatic heterocycles. The lowest BCUT2D eigenvalue weighted by Gasteiger charge is -2.11. The zero-order valence-electron chi connectivity index (χ0n) is 15.8. The Balaban J connectivity index is 1.80. The number of aromatic nitrogens is 1. The topological polar surface area (TPSA) is 91.6 Å². The molecule has 7 nitrogen and oxygen atoms in total. The molecule has 3 N–H and O–H groups in total. The lowest BCUT2D eigenvalue weighted by molar-refractivity contribution is 0.0954. The maximum Gasteiger partial charge on any atom is 0.251 e. The summed E-state index contributed by atoms with van der Waals surface area (Å²) in [5.41, 5.74) is 2.61. The van der Waals surface area contributed by atoms with Gasteiger partial charge in [0, 0.05) is 25.2 Å². The molecular formula is C19H27N5O2. The number of hydrogen-bond acceptors (Lipinski definition) is 4. The average molecular weight is 357 g/mol. The van der Waals surface area contributed by atoms with E-state index in [0.29, 0.717) is 37.0 Å². The van der Waals surface area contributed by atoms with E-state index >= 15 is 0 Å². The normalized spacial score (nSPS) is 11.3. The van der Waals surface area contributed by atoms with Crippen LogP contribution in [-0.4, -0.2) is 36.5 Å². The van der Waals surface area contributed by atoms with Gasteiger partial charge < -0.3 is 20.4 Å². The zero-order chi connectivity index (χ0) is 18.9. The van der Waals surface area contributed by atoms with Crippen LogP contribution in [-0.2, 0) is 6.54 Å². The third-order valence-corrected chi connectivity index (χ3v) is 3.77. The van der Waals surface area contributed by atoms with Gasteiger partial charge >= 0.3 is 0 Å². The van der Waals surface area contributed by atoms with Gasteiger partial charge in [-0.05, 0) is 39.8 Å². The molecule has 0 spiro atoms. The molecule has 1 aromatic carbocycles. The van der Waals surface area contributed by atoms with Crippen LogP contribution in [0, 0.1) is 20.8 Å². The molecule has 1 amide bonds. The highest BCUT2D eigenvalue weighted by Crippen LogP contribution is 2.08. The van der Waals surface area contributed by atoms with E-state index in [1.807, 2.05) is 52.0 Å². The van der Waals surface area contributed by atoms with Gasteiger partial charge in [-0.25, -0.2) is 9.98 Å². The van der Waals surface area contributed by atoms with Crippen LogP contribution in [0.4, 0.5) is 0 Å². The molecule has 0 aliphatic heterocycles. The first-order valence-corrected chi connectivity index (χ1v) is 8.79. The van der Waals surface area contributed by atoms with Crippen LogP contribution in [0.3, 0.4) is 0 Å². The highest BCUT2D eigenvalue weighted by Gasteiger charge is 2.06. The lowest BCUT2D eigenvalue weighted by atomic mass is 10.1. The third-order valence-electron chi connectivity index (χ3n) is 3.77. The maximum atomic E-state index is 12.1. The van der Waals surface area contributed by atoms with E-state index in [1.165, 1.54) is 0 Å². The Kier molecular flexibility index (Phi) is 7.20. The second-order valence-electron chi connectivity index (χ2n) is 6.00. The van der Waals surface area contributed by atoms with E-state index in [-0.39, 0.29) is 5.91 Å². The summed E-state index contributed by atoms with van der Waals surface area (Å²) in [7, 11) is 0. The summed E-state index contributed by atoms with van der Waals surface area (Å²) in [6.45, 7) is 9.92. The van der Waals surface area contributed by atoms with Gasteiger partial charge in [0.2, 0.25) is 5.89 Å². The Morgan fingerprint density at radius 3 is 2.58 bits per heavy atom. The highest BCUT2D eigenvalue weighted by molar-refractivity contribution is 5.94. The van der Waals surface area contributed by atoms with Crippen LogP contribution >= 0.6 is 0 Å². The molecule has 0 fully saturated rings. The molecule has 0 saturated carbocycles. The van der Waals surface area contributed by atoms with Crippen LogP contribution < -0.4 is 16.0 Å². The molecule has 2 aromatic rings. The van der Waals surface area contributed by atoms with Crippen LogP contribution in [0.25, 0.3) is 0 Å². The van der Waals surface area contributed by atoms with Crippen molar-refractivity contribution in [3.8, 4) is 0 Å². The SMILES string of the molecule is CCNC(=NCc1nc(C)c(C)o1)NCCNC(=O)c1cccc(C)c1. The first-order chi connectivity index (χ1) is 12.5. The fraction of sp³-hybridized carbons (Fsp3) is 0.421. The predicted molar refractivity (Wildman–Crippen MR) is 102 cm³/mol. The summed E-state index contributed by atoms with van der Waals surface area (Å²) < 4.78 is 5.53. The van der Waals surface area contributed by atoms with Gasteiger partial charge in [-0.3, -0.25) is 4.79 Å². The van der Waals surface area contributed by atoms with Crippen molar-refractivity contribution in [1.82, 2.24) is 20.9 Å². The van der Waals surface area contributed by atoms with E-state index in [2.05, 4.69) is 25.9 Å². The summed E-state index contributed by atoms with van der Waals surface area (Å²) in [5.74, 6) is 1.98. The number of amides is 1. The average Bonchev–Trinajstić information content (AvgIpc) is 2.94. The molecule has 0 atom stereocenters. The van der Waals surface area contributed by atoms with Gasteiger partial charge in [0.25, 0.3) is 5.91 Å². The van der Waals surface area contributed by atoms with Crippen molar-refractivity contribution >= 4 is 11.9 Å². The summed E-state index contributed by atoms with van der Waals surface area (Å²) in [5, 5.41) is 9.24. The van der Waals surface area contributed by atoms with E-state index in [1.54, 1.807) is 0 Å². The summed E-state index contributed by atoms with van der Waals surface area (Å²) in [6, 6.07) is 7.52. The fourth-order valence-electron chi connectivity index (χ4n) is 2.34. The smallest absolute Gasteiger partial charge is 0.251 e. The van der Waals surface area contributed by atoms with Gasteiger partial charge in [-0.15, -0.1) is 0 Å². The number of carbonyl (C=O) groups is 1. The Bertz CT molecular complexity index is 748. The molecule has 0 radical (unpaired) electrons. The molecule has 2 rings (SSSR count). The number of oxazole rings is 1. The monoisotopic (exact) mass is 357 g/mol. The minimum atomic E-state index is -0.0804. The van der Waals surface area contributed by atoms with E-state index in [4.69, 9.17) is 4.42 Å². The van der Waals surface area contributed by atoms with Crippen LogP contribution in [0.1, 0.15) is 40.2 Å². The number of aliphatic imine (C=N–C) groups is 1. The Hall–Kier alpha value is -2.83. The lowest BCUT2D eigenvalue weighted by Crippen LogP contribution is -2.41. The van der Waals surface area contributed by atoms with Gasteiger partial charge in [0.15, 0.2) is 5.96 Å². The van der Waals surface area contributed by atoms with E-state index < -0.39 is 0 Å². The summed E-state index contributed by atoms with van der Waals surface area (Å²) in [4.78, 5) is 20.9. The first-order valence-electron chi connectivity index (χ1n) is 8.79. The van der Waals surface area contributed by atoms with Crippen molar-refractivity contribution in [1.29, 1.82) is 0 Å². The van der Waals surface area contributed by atoms with Gasteiger partial charge in [-0.2, -0.15) is 0 Å². The van der Waals surface area contributed by atoms with Gasteiger partial charge in [0.1, 0.15) is 12.3 Å². The molecule has 7 heteroatoms. The van der Waals surface area contributed by atoms with Crippen molar-refractivity contribution in [3.63, 3.8) is 0 Å². The van der Waals surface area contributed by atoms with Crippen LogP contribution in [0.5, 0.6) is 0 Å². The molecule has 140 valence electrons. The molecule has 0 aliphatic rings. The maximum absolute atomic E-state index is 12.1. The number of carbonyl (C=O) groups excluding carboxylic acids is 1. The van der Waals surface area contributed by atoms with Crippen molar-refractivity contribution in [2.24, 2.45) is 4.99 Å². The van der Waals surface area contributed by atoms with Gasteiger partial charge in [0.05, 0.1) is 5.69 Å². The van der Waals surface area contributed by atoms with Gasteiger partial charge in [-0.1, -0.05) is 17.7 Å². The molecule has 0 bridgehead atoms. The number of aryl methyl sites for hydroxylation is 3. The first kappa shape index (κ1) is 19.5. The van der Waals surface area contributed by atoms with Crippen LogP contribution in [0.15, 0.2) is 33.7 Å². The minimum Gasteiger partial charge on any atom is -0.444 e. The van der Waals surface area contributed by atoms with Crippen molar-refractivity contribution in [2.75, 3.05) is 19.6 Å². The zero-order valence-corrected chi connectivity index (χ0v) is 15.8. The highest BCUT2D eigenvalue weighted by atomic mass is 16.4. The van der Waals surface area contributed by atoms with Crippen molar-refractivity contribution in [3.05, 3.63) is 52.7 Å². The third kappa shape index (κ3) is 5.91. The number of hydrogen-bond donors (Lipinski definition) is 3. The summed E-state index contributed by atoms with van der Waals surface area (Å²) in [6.07, 6.45) is 0. The quantitative estimate of drug-likeness (QED) is 0.401. The second-order valence-corrected chi connectivity index (χ2v) is 6.00. The minimum absolute atomic E-state index is 0.0804. The largest absolute Gasteiger partial charge is 0.444 e. The number of rotatable bonds is 7. The van der Waals surface area contributed by atoms with E-state index in [9.17, 15) is 4.79 Å². The summed E-state index contributed by atoms with van der Waals surface area (Å²) >= 11 is 0. The Labute approximate surface area is 154 Å². The molecular weight excluding hydrogens is 330 g/mol. The molecule has 26 heavy (non-hydrogen) atoms. The number of guanidine groups is 1. The van der Waals surface area contributed by atoms with Crippen molar-refractivity contribution in [2.45, 2.75) is 34.2 Å². The molecule has 0 aliphatic carbocycles. The van der Waals surface area contributed by atoms with E-state index in [0.717, 1.165) is 23.6 Å². The number of benzene rings is 1. The number of nitrogens with one attached hydrogen (secondary N) is 3. The van der Waals surface area contributed by atoms with Crippen LogP contribution in [0.2, 0.25) is 0 Å². The molecule has 0 unspecified atom stereocenters.